The van der Waals surface area contributed by atoms with Crippen LogP contribution >= 0.6 is 0 Å². The number of hydrogen-bond donors (Lipinski definition) is 1. The number of benzene rings is 2. The molecule has 1 N–H and O–H groups in total. The lowest BCUT2D eigenvalue weighted by Gasteiger charge is -2.33. The van der Waals surface area contributed by atoms with Crippen LogP contribution in [0.3, 0.4) is 0 Å². The quantitative estimate of drug-likeness (QED) is 0.661. The number of hydrogen-bond acceptors (Lipinski definition) is 4. The molecule has 1 fully saturated rings. The maximum Gasteiger partial charge on any atom is 0.227 e. The lowest BCUT2D eigenvalue weighted by molar-refractivity contribution is -0.120. The third-order valence-corrected chi connectivity index (χ3v) is 5.37. The van der Waals surface area contributed by atoms with Crippen molar-refractivity contribution in [2.24, 2.45) is 5.92 Å². The van der Waals surface area contributed by atoms with Gasteiger partial charge in [-0.3, -0.25) is 14.6 Å². The van der Waals surface area contributed by atoms with E-state index in [4.69, 9.17) is 0 Å². The van der Waals surface area contributed by atoms with Gasteiger partial charge in [-0.2, -0.15) is 0 Å². The van der Waals surface area contributed by atoms with Crippen molar-refractivity contribution in [2.75, 3.05) is 23.3 Å². The summed E-state index contributed by atoms with van der Waals surface area (Å²) in [6, 6.07) is 21.2. The van der Waals surface area contributed by atoms with E-state index in [9.17, 15) is 9.59 Å². The molecule has 0 saturated carbocycles. The Hall–Kier alpha value is -3.47. The normalized spacial score (nSPS) is 14.4. The lowest BCUT2D eigenvalue weighted by atomic mass is 9.95. The minimum atomic E-state index is 0.0102. The molecule has 0 bridgehead atoms. The molecule has 1 aromatic heterocycles. The van der Waals surface area contributed by atoms with Crippen molar-refractivity contribution >= 4 is 23.6 Å². The number of nitrogens with one attached hydrogen (secondary N) is 1. The van der Waals surface area contributed by atoms with Gasteiger partial charge in [0.25, 0.3) is 0 Å². The Labute approximate surface area is 170 Å². The van der Waals surface area contributed by atoms with Gasteiger partial charge < -0.3 is 10.2 Å². The first kappa shape index (κ1) is 18.9. The highest BCUT2D eigenvalue weighted by molar-refractivity contribution is 5.93. The lowest BCUT2D eigenvalue weighted by Crippen LogP contribution is -2.38. The average Bonchev–Trinajstić information content (AvgIpc) is 2.80. The van der Waals surface area contributed by atoms with Crippen LogP contribution in [0, 0.1) is 5.92 Å². The number of aldehydes is 1. The molecule has 3 aromatic rings. The van der Waals surface area contributed by atoms with Crippen LogP contribution in [0.4, 0.5) is 11.4 Å². The van der Waals surface area contributed by atoms with E-state index in [2.05, 4.69) is 15.2 Å². The van der Waals surface area contributed by atoms with Crippen LogP contribution in [0.25, 0.3) is 11.3 Å². The zero-order chi connectivity index (χ0) is 20.1. The highest BCUT2D eigenvalue weighted by Gasteiger charge is 2.25. The van der Waals surface area contributed by atoms with Crippen molar-refractivity contribution < 1.29 is 9.59 Å². The molecule has 1 amide bonds. The first-order valence-electron chi connectivity index (χ1n) is 9.85. The molecule has 2 heterocycles. The minimum absolute atomic E-state index is 0.0102. The second kappa shape index (κ2) is 8.69. The van der Waals surface area contributed by atoms with E-state index in [1.54, 1.807) is 6.20 Å². The fourth-order valence-corrected chi connectivity index (χ4v) is 3.67. The molecule has 2 aromatic carbocycles. The van der Waals surface area contributed by atoms with Gasteiger partial charge in [-0.1, -0.05) is 18.2 Å². The number of carbonyl (C=O) groups excluding carboxylic acids is 2. The number of rotatable bonds is 5. The first-order valence-corrected chi connectivity index (χ1v) is 9.85. The molecule has 1 saturated heterocycles. The number of pyridine rings is 1. The van der Waals surface area contributed by atoms with Crippen LogP contribution in [-0.4, -0.2) is 30.3 Å². The number of nitrogens with zero attached hydrogens (tertiary/aromatic N) is 2. The summed E-state index contributed by atoms with van der Waals surface area (Å²) in [5, 5.41) is 3.04. The monoisotopic (exact) mass is 385 g/mol. The molecule has 1 aliphatic heterocycles. The summed E-state index contributed by atoms with van der Waals surface area (Å²) in [6.07, 6.45) is 4.25. The van der Waals surface area contributed by atoms with E-state index in [1.165, 1.54) is 0 Å². The van der Waals surface area contributed by atoms with Gasteiger partial charge in [-0.25, -0.2) is 0 Å². The largest absolute Gasteiger partial charge is 0.371 e. The first-order chi connectivity index (χ1) is 14.2. The van der Waals surface area contributed by atoms with E-state index < -0.39 is 0 Å². The predicted octanol–water partition coefficient (Wildman–Crippen LogP) is 4.42. The molecular weight excluding hydrogens is 362 g/mol. The molecule has 29 heavy (non-hydrogen) atoms. The summed E-state index contributed by atoms with van der Waals surface area (Å²) in [5.41, 5.74) is 4.52. The standard InChI is InChI=1S/C24H23N3O2/c28-17-18-4-10-22(11-5-18)27-15-12-20(13-16-27)24(29)26-21-8-6-19(7-9-21)23-3-1-2-14-25-23/h1-11,14,17,20H,12-13,15-16H2,(H,26,29). The topological polar surface area (TPSA) is 62.3 Å². The predicted molar refractivity (Wildman–Crippen MR) is 115 cm³/mol. The van der Waals surface area contributed by atoms with Crippen LogP contribution in [0.2, 0.25) is 0 Å². The second-order valence-corrected chi connectivity index (χ2v) is 7.25. The summed E-state index contributed by atoms with van der Waals surface area (Å²) < 4.78 is 0. The van der Waals surface area contributed by atoms with E-state index in [-0.39, 0.29) is 11.8 Å². The van der Waals surface area contributed by atoms with Crippen LogP contribution < -0.4 is 10.2 Å². The number of anilines is 2. The Morgan fingerprint density at radius 1 is 0.966 bits per heavy atom. The zero-order valence-electron chi connectivity index (χ0n) is 16.1. The van der Waals surface area contributed by atoms with Gasteiger partial charge >= 0.3 is 0 Å². The van der Waals surface area contributed by atoms with Crippen molar-refractivity contribution in [3.63, 3.8) is 0 Å². The molecule has 0 spiro atoms. The number of carbonyl (C=O) groups is 2. The smallest absolute Gasteiger partial charge is 0.227 e. The zero-order valence-corrected chi connectivity index (χ0v) is 16.1. The number of amides is 1. The third-order valence-electron chi connectivity index (χ3n) is 5.37. The molecule has 0 aliphatic carbocycles. The van der Waals surface area contributed by atoms with Crippen molar-refractivity contribution in [3.8, 4) is 11.3 Å². The summed E-state index contributed by atoms with van der Waals surface area (Å²) in [5.74, 6) is 0.0857. The summed E-state index contributed by atoms with van der Waals surface area (Å²) in [4.78, 5) is 30.1. The molecule has 1 aliphatic rings. The van der Waals surface area contributed by atoms with E-state index in [0.29, 0.717) is 5.56 Å². The fraction of sp³-hybridized carbons (Fsp3) is 0.208. The van der Waals surface area contributed by atoms with Crippen LogP contribution in [0.5, 0.6) is 0 Å². The average molecular weight is 385 g/mol. The van der Waals surface area contributed by atoms with Crippen molar-refractivity contribution in [2.45, 2.75) is 12.8 Å². The molecule has 4 rings (SSSR count). The van der Waals surface area contributed by atoms with Crippen molar-refractivity contribution in [1.82, 2.24) is 4.98 Å². The van der Waals surface area contributed by atoms with Crippen molar-refractivity contribution in [1.29, 1.82) is 0 Å². The number of piperidine rings is 1. The Morgan fingerprint density at radius 3 is 2.31 bits per heavy atom. The Balaban J connectivity index is 1.32. The van der Waals surface area contributed by atoms with Gasteiger partial charge in [0, 0.05) is 47.7 Å². The SMILES string of the molecule is O=Cc1ccc(N2CCC(C(=O)Nc3ccc(-c4ccccn4)cc3)CC2)cc1. The van der Waals surface area contributed by atoms with Gasteiger partial charge in [-0.15, -0.1) is 0 Å². The molecule has 5 nitrogen and oxygen atoms in total. The van der Waals surface area contributed by atoms with Gasteiger partial charge in [0.05, 0.1) is 5.69 Å². The second-order valence-electron chi connectivity index (χ2n) is 7.25. The molecule has 146 valence electrons. The highest BCUT2D eigenvalue weighted by Crippen LogP contribution is 2.25. The molecule has 0 unspecified atom stereocenters. The maximum absolute atomic E-state index is 12.7. The molecule has 0 radical (unpaired) electrons. The fourth-order valence-electron chi connectivity index (χ4n) is 3.67. The molecule has 5 heteroatoms. The Morgan fingerprint density at radius 2 is 1.69 bits per heavy atom. The van der Waals surface area contributed by atoms with Crippen LogP contribution in [-0.2, 0) is 4.79 Å². The van der Waals surface area contributed by atoms with Crippen LogP contribution in [0.1, 0.15) is 23.2 Å². The summed E-state index contributed by atoms with van der Waals surface area (Å²) >= 11 is 0. The van der Waals surface area contributed by atoms with Gasteiger partial charge in [0.1, 0.15) is 6.29 Å². The van der Waals surface area contributed by atoms with E-state index >= 15 is 0 Å². The Bertz CT molecular complexity index is 961. The van der Waals surface area contributed by atoms with Gasteiger partial charge in [0.15, 0.2) is 0 Å². The minimum Gasteiger partial charge on any atom is -0.371 e. The van der Waals surface area contributed by atoms with E-state index in [1.807, 2.05) is 66.7 Å². The highest BCUT2D eigenvalue weighted by atomic mass is 16.1. The van der Waals surface area contributed by atoms with E-state index in [0.717, 1.165) is 54.8 Å². The van der Waals surface area contributed by atoms with Crippen LogP contribution in [0.15, 0.2) is 72.9 Å². The molecule has 0 atom stereocenters. The van der Waals surface area contributed by atoms with Crippen molar-refractivity contribution in [3.05, 3.63) is 78.5 Å². The Kier molecular flexibility index (Phi) is 5.66. The number of aromatic nitrogens is 1. The van der Waals surface area contributed by atoms with Gasteiger partial charge in [0.2, 0.25) is 5.91 Å². The summed E-state index contributed by atoms with van der Waals surface area (Å²) in [7, 11) is 0. The maximum atomic E-state index is 12.7. The van der Waals surface area contributed by atoms with Gasteiger partial charge in [-0.05, 0) is 61.4 Å². The third kappa shape index (κ3) is 4.51. The molecular formula is C24H23N3O2. The summed E-state index contributed by atoms with van der Waals surface area (Å²) in [6.45, 7) is 1.66.